The van der Waals surface area contributed by atoms with Crippen molar-refractivity contribution < 1.29 is 14.7 Å². The maximum Gasteiger partial charge on any atom is 0.245 e. The summed E-state index contributed by atoms with van der Waals surface area (Å²) >= 11 is 0. The van der Waals surface area contributed by atoms with E-state index in [-0.39, 0.29) is 23.8 Å². The second-order valence-electron chi connectivity index (χ2n) is 12.5. The SMILES string of the molecule is CN[C@H](C(=O)N[C@H](C(=O)N(C)[C@H](/C=C(\C)[C@@H](O)c1ccccc1)C(C)C)C(C)(C)C)C(C)(C)c1ccccc1. The van der Waals surface area contributed by atoms with Crippen molar-refractivity contribution in [2.24, 2.45) is 11.3 Å². The second kappa shape index (κ2) is 13.4. The molecule has 0 aliphatic carbocycles. The van der Waals surface area contributed by atoms with Crippen molar-refractivity contribution in [2.75, 3.05) is 14.1 Å². The van der Waals surface area contributed by atoms with Crippen LogP contribution in [0.3, 0.4) is 0 Å². The molecular formula is C33H49N3O3. The summed E-state index contributed by atoms with van der Waals surface area (Å²) in [5.41, 5.74) is 1.58. The summed E-state index contributed by atoms with van der Waals surface area (Å²) in [6.45, 7) is 15.9. The number of nitrogens with zero attached hydrogens (tertiary/aromatic N) is 1. The number of rotatable bonds is 11. The van der Waals surface area contributed by atoms with Gasteiger partial charge in [0.1, 0.15) is 6.04 Å². The molecule has 6 nitrogen and oxygen atoms in total. The summed E-state index contributed by atoms with van der Waals surface area (Å²) in [4.78, 5) is 29.4. The summed E-state index contributed by atoms with van der Waals surface area (Å²) in [6.07, 6.45) is 1.21. The zero-order valence-corrected chi connectivity index (χ0v) is 25.4. The molecular weight excluding hydrogens is 486 g/mol. The molecule has 0 heterocycles. The molecule has 3 N–H and O–H groups in total. The first kappa shape index (κ1) is 32.3. The van der Waals surface area contributed by atoms with Crippen LogP contribution in [0.1, 0.15) is 72.6 Å². The molecule has 2 rings (SSSR count). The topological polar surface area (TPSA) is 81.7 Å². The third kappa shape index (κ3) is 8.02. The molecule has 0 aromatic heterocycles. The lowest BCUT2D eigenvalue weighted by molar-refractivity contribution is -0.140. The number of carbonyl (C=O) groups excluding carboxylic acids is 2. The van der Waals surface area contributed by atoms with Gasteiger partial charge in [-0.15, -0.1) is 0 Å². The average Bonchev–Trinajstić information content (AvgIpc) is 2.89. The van der Waals surface area contributed by atoms with Gasteiger partial charge in [0, 0.05) is 12.5 Å². The van der Waals surface area contributed by atoms with Crippen molar-refractivity contribution >= 4 is 11.8 Å². The lowest BCUT2D eigenvalue weighted by Crippen LogP contribution is -2.61. The Balaban J connectivity index is 2.34. The van der Waals surface area contributed by atoms with E-state index in [4.69, 9.17) is 0 Å². The minimum absolute atomic E-state index is 0.0928. The minimum Gasteiger partial charge on any atom is -0.384 e. The van der Waals surface area contributed by atoms with Gasteiger partial charge in [0.15, 0.2) is 0 Å². The van der Waals surface area contributed by atoms with Crippen LogP contribution in [0, 0.1) is 11.3 Å². The van der Waals surface area contributed by atoms with Crippen LogP contribution in [-0.2, 0) is 15.0 Å². The summed E-state index contributed by atoms with van der Waals surface area (Å²) in [5, 5.41) is 17.2. The Morgan fingerprint density at radius 3 is 1.87 bits per heavy atom. The van der Waals surface area contributed by atoms with Gasteiger partial charge in [-0.1, -0.05) is 115 Å². The van der Waals surface area contributed by atoms with Crippen LogP contribution in [0.15, 0.2) is 72.3 Å². The van der Waals surface area contributed by atoms with Gasteiger partial charge < -0.3 is 20.6 Å². The third-order valence-corrected chi connectivity index (χ3v) is 7.65. The van der Waals surface area contributed by atoms with Crippen molar-refractivity contribution in [1.29, 1.82) is 0 Å². The smallest absolute Gasteiger partial charge is 0.245 e. The predicted octanol–water partition coefficient (Wildman–Crippen LogP) is 5.25. The van der Waals surface area contributed by atoms with Gasteiger partial charge in [0.05, 0.1) is 18.2 Å². The monoisotopic (exact) mass is 535 g/mol. The number of nitrogens with one attached hydrogen (secondary N) is 2. The number of likely N-dealkylation sites (N-methyl/N-ethyl adjacent to an activating group) is 2. The molecule has 214 valence electrons. The standard InChI is InChI=1S/C33H49N3O3/c1-22(2)26(21-23(3)27(37)24-17-13-11-14-18-24)36(10)31(39)29(32(4,5)6)35-30(38)28(34-9)33(7,8)25-19-15-12-16-20-25/h11-22,26-29,34,37H,1-10H3,(H,35,38)/b23-21+/t26-,27-,28-,29-/m1/s1. The summed E-state index contributed by atoms with van der Waals surface area (Å²) in [6, 6.07) is 17.9. The van der Waals surface area contributed by atoms with Gasteiger partial charge in [-0.3, -0.25) is 9.59 Å². The van der Waals surface area contributed by atoms with Crippen LogP contribution >= 0.6 is 0 Å². The molecule has 0 saturated carbocycles. The molecule has 0 aliphatic rings. The highest BCUT2D eigenvalue weighted by Crippen LogP contribution is 2.29. The molecule has 0 bridgehead atoms. The highest BCUT2D eigenvalue weighted by atomic mass is 16.3. The summed E-state index contributed by atoms with van der Waals surface area (Å²) < 4.78 is 0. The van der Waals surface area contributed by atoms with E-state index in [2.05, 4.69) is 24.5 Å². The van der Waals surface area contributed by atoms with Crippen molar-refractivity contribution in [3.8, 4) is 0 Å². The molecule has 2 aromatic rings. The van der Waals surface area contributed by atoms with Crippen LogP contribution in [0.25, 0.3) is 0 Å². The van der Waals surface area contributed by atoms with E-state index in [9.17, 15) is 14.7 Å². The molecule has 0 unspecified atom stereocenters. The van der Waals surface area contributed by atoms with Crippen LogP contribution in [0.4, 0.5) is 0 Å². The summed E-state index contributed by atoms with van der Waals surface area (Å²) in [7, 11) is 3.55. The molecule has 0 saturated heterocycles. The number of aliphatic hydroxyl groups excluding tert-OH is 1. The van der Waals surface area contributed by atoms with Gasteiger partial charge in [-0.2, -0.15) is 0 Å². The molecule has 39 heavy (non-hydrogen) atoms. The van der Waals surface area contributed by atoms with Crippen LogP contribution in [0.5, 0.6) is 0 Å². The molecule has 0 spiro atoms. The van der Waals surface area contributed by atoms with Crippen LogP contribution in [0.2, 0.25) is 0 Å². The number of benzene rings is 2. The van der Waals surface area contributed by atoms with E-state index < -0.39 is 29.0 Å². The zero-order chi connectivity index (χ0) is 29.5. The highest BCUT2D eigenvalue weighted by Gasteiger charge is 2.41. The number of hydrogen-bond donors (Lipinski definition) is 3. The van der Waals surface area contributed by atoms with Crippen LogP contribution < -0.4 is 10.6 Å². The van der Waals surface area contributed by atoms with Crippen LogP contribution in [-0.4, -0.2) is 54.0 Å². The van der Waals surface area contributed by atoms with Crippen molar-refractivity contribution in [3.63, 3.8) is 0 Å². The van der Waals surface area contributed by atoms with Gasteiger partial charge >= 0.3 is 0 Å². The zero-order valence-electron chi connectivity index (χ0n) is 25.4. The Morgan fingerprint density at radius 1 is 0.897 bits per heavy atom. The Labute approximate surface area is 235 Å². The highest BCUT2D eigenvalue weighted by molar-refractivity contribution is 5.91. The number of aliphatic hydroxyl groups is 1. The predicted molar refractivity (Wildman–Crippen MR) is 160 cm³/mol. The summed E-state index contributed by atoms with van der Waals surface area (Å²) in [5.74, 6) is -0.296. The molecule has 6 heteroatoms. The van der Waals surface area contributed by atoms with Crippen molar-refractivity contribution in [1.82, 2.24) is 15.5 Å². The van der Waals surface area contributed by atoms with Gasteiger partial charge in [0.2, 0.25) is 11.8 Å². The normalized spacial score (nSPS) is 15.8. The molecule has 0 aliphatic heterocycles. The minimum atomic E-state index is -0.759. The molecule has 0 fully saturated rings. The first-order valence-corrected chi connectivity index (χ1v) is 13.8. The second-order valence-corrected chi connectivity index (χ2v) is 12.5. The Morgan fingerprint density at radius 2 is 1.41 bits per heavy atom. The number of amides is 2. The van der Waals surface area contributed by atoms with Crippen molar-refractivity contribution in [2.45, 2.75) is 85.0 Å². The Bertz CT molecular complexity index is 1100. The first-order chi connectivity index (χ1) is 18.1. The maximum atomic E-state index is 14.0. The molecule has 2 amide bonds. The molecule has 0 radical (unpaired) electrons. The largest absolute Gasteiger partial charge is 0.384 e. The fraction of sp³-hybridized carbons (Fsp3) is 0.515. The lowest BCUT2D eigenvalue weighted by atomic mass is 9.76. The molecule has 2 aromatic carbocycles. The van der Waals surface area contributed by atoms with E-state index in [0.717, 1.165) is 16.7 Å². The van der Waals surface area contributed by atoms with Gasteiger partial charge in [-0.05, 0) is 42.0 Å². The van der Waals surface area contributed by atoms with E-state index >= 15 is 0 Å². The van der Waals surface area contributed by atoms with E-state index in [1.54, 1.807) is 19.0 Å². The van der Waals surface area contributed by atoms with Gasteiger partial charge in [0.25, 0.3) is 0 Å². The van der Waals surface area contributed by atoms with Gasteiger partial charge in [-0.25, -0.2) is 0 Å². The Hall–Kier alpha value is -2.96. The Kier molecular flexibility index (Phi) is 11.1. The quantitative estimate of drug-likeness (QED) is 0.344. The number of hydrogen-bond acceptors (Lipinski definition) is 4. The van der Waals surface area contributed by atoms with E-state index in [1.807, 2.05) is 108 Å². The maximum absolute atomic E-state index is 14.0. The number of carbonyl (C=O) groups is 2. The van der Waals surface area contributed by atoms with E-state index in [0.29, 0.717) is 0 Å². The average molecular weight is 536 g/mol. The lowest BCUT2D eigenvalue weighted by Gasteiger charge is -2.40. The first-order valence-electron chi connectivity index (χ1n) is 13.8. The van der Waals surface area contributed by atoms with Crippen molar-refractivity contribution in [3.05, 3.63) is 83.4 Å². The third-order valence-electron chi connectivity index (χ3n) is 7.65. The fourth-order valence-electron chi connectivity index (χ4n) is 5.09. The fourth-order valence-corrected chi connectivity index (χ4v) is 5.09. The molecule has 4 atom stereocenters. The van der Waals surface area contributed by atoms with E-state index in [1.165, 1.54) is 0 Å².